The number of fused-ring (bicyclic) bond motifs is 7. The third kappa shape index (κ3) is 6.51. The standard InChI is InChI=1S/C64H42N2O/c1-2-18-45-42-48(36-35-43(45)17-1)51-22-3-9-29-58(51)65(60-31-11-7-25-54(60)56-27-16-28-57-55-26-8-14-34-63(55)67-64(56)57)49-39-37-44(38-40-49)46-19-15-20-47(41-46)50-21-4-10-30-59(50)66-61-32-12-5-23-52(61)53-24-6-13-33-62(53)66/h1-42H. The fourth-order valence-electron chi connectivity index (χ4n) is 10.3. The third-order valence-electron chi connectivity index (χ3n) is 13.4. The number of rotatable bonds is 8. The third-order valence-corrected chi connectivity index (χ3v) is 13.4. The van der Waals surface area contributed by atoms with Crippen molar-refractivity contribution in [1.82, 2.24) is 4.57 Å². The maximum Gasteiger partial charge on any atom is 0.143 e. The van der Waals surface area contributed by atoms with Crippen LogP contribution in [0.5, 0.6) is 0 Å². The van der Waals surface area contributed by atoms with E-state index in [1.165, 1.54) is 43.7 Å². The highest BCUT2D eigenvalue weighted by molar-refractivity contribution is 6.12. The van der Waals surface area contributed by atoms with E-state index in [9.17, 15) is 0 Å². The van der Waals surface area contributed by atoms with Crippen molar-refractivity contribution in [2.24, 2.45) is 0 Å². The van der Waals surface area contributed by atoms with Crippen LogP contribution in [0.15, 0.2) is 259 Å². The van der Waals surface area contributed by atoms with Gasteiger partial charge in [-0.25, -0.2) is 0 Å². The molecule has 314 valence electrons. The van der Waals surface area contributed by atoms with Crippen molar-refractivity contribution in [3.63, 3.8) is 0 Å². The van der Waals surface area contributed by atoms with Gasteiger partial charge in [0.2, 0.25) is 0 Å². The van der Waals surface area contributed by atoms with E-state index >= 15 is 0 Å². The summed E-state index contributed by atoms with van der Waals surface area (Å²) in [6.07, 6.45) is 0. The monoisotopic (exact) mass is 854 g/mol. The average molecular weight is 855 g/mol. The molecule has 0 saturated carbocycles. The van der Waals surface area contributed by atoms with Gasteiger partial charge in [0.25, 0.3) is 0 Å². The predicted molar refractivity (Wildman–Crippen MR) is 282 cm³/mol. The molecule has 0 fully saturated rings. The smallest absolute Gasteiger partial charge is 0.143 e. The van der Waals surface area contributed by atoms with Crippen LogP contribution in [0.25, 0.3) is 105 Å². The largest absolute Gasteiger partial charge is 0.455 e. The Bertz CT molecular complexity index is 3950. The summed E-state index contributed by atoms with van der Waals surface area (Å²) < 4.78 is 9.09. The Morgan fingerprint density at radius 1 is 0.313 bits per heavy atom. The first kappa shape index (κ1) is 38.5. The molecule has 13 aromatic rings. The molecule has 0 aliphatic heterocycles. The van der Waals surface area contributed by atoms with E-state index in [1.54, 1.807) is 0 Å². The number of hydrogen-bond acceptors (Lipinski definition) is 2. The fraction of sp³-hybridized carbons (Fsp3) is 0. The van der Waals surface area contributed by atoms with Crippen LogP contribution < -0.4 is 4.90 Å². The highest BCUT2D eigenvalue weighted by Gasteiger charge is 2.23. The topological polar surface area (TPSA) is 21.3 Å². The molecule has 3 nitrogen and oxygen atoms in total. The van der Waals surface area contributed by atoms with Crippen LogP contribution in [0.3, 0.4) is 0 Å². The Morgan fingerprint density at radius 3 is 1.64 bits per heavy atom. The molecule has 0 radical (unpaired) electrons. The molecule has 67 heavy (non-hydrogen) atoms. The van der Waals surface area contributed by atoms with Crippen LogP contribution in [-0.4, -0.2) is 4.57 Å². The number of para-hydroxylation sites is 7. The Labute approximate surface area is 388 Å². The SMILES string of the molecule is c1cc(-c2ccc(N(c3ccccc3-c3ccc4ccccc4c3)c3ccccc3-c3cccc4c3oc3ccccc34)cc2)cc(-c2ccccc2-n2c3ccccc3c3ccccc32)c1. The molecule has 0 saturated heterocycles. The molecule has 0 atom stereocenters. The summed E-state index contributed by atoms with van der Waals surface area (Å²) in [6.45, 7) is 0. The van der Waals surface area contributed by atoms with Crippen molar-refractivity contribution >= 4 is 71.6 Å². The van der Waals surface area contributed by atoms with Gasteiger partial charge < -0.3 is 13.9 Å². The maximum atomic E-state index is 6.67. The number of benzene rings is 11. The average Bonchev–Trinajstić information content (AvgIpc) is 3.95. The van der Waals surface area contributed by atoms with Gasteiger partial charge >= 0.3 is 0 Å². The first-order valence-corrected chi connectivity index (χ1v) is 22.9. The number of aromatic nitrogens is 1. The van der Waals surface area contributed by atoms with Gasteiger partial charge in [-0.1, -0.05) is 194 Å². The normalized spacial score (nSPS) is 11.6. The Morgan fingerprint density at radius 2 is 0.851 bits per heavy atom. The lowest BCUT2D eigenvalue weighted by Crippen LogP contribution is -2.12. The molecule has 0 amide bonds. The summed E-state index contributed by atoms with van der Waals surface area (Å²) in [4.78, 5) is 2.42. The highest BCUT2D eigenvalue weighted by atomic mass is 16.3. The first-order chi connectivity index (χ1) is 33.2. The van der Waals surface area contributed by atoms with Crippen molar-refractivity contribution in [3.05, 3.63) is 255 Å². The molecule has 2 heterocycles. The van der Waals surface area contributed by atoms with Crippen LogP contribution in [0.1, 0.15) is 0 Å². The second kappa shape index (κ2) is 16.0. The maximum absolute atomic E-state index is 6.67. The molecule has 0 bridgehead atoms. The molecule has 0 unspecified atom stereocenters. The molecule has 2 aromatic heterocycles. The lowest BCUT2D eigenvalue weighted by Gasteiger charge is -2.30. The molecular formula is C64H42N2O. The Hall–Kier alpha value is -8.92. The zero-order chi connectivity index (χ0) is 44.3. The van der Waals surface area contributed by atoms with Gasteiger partial charge in [-0.3, -0.25) is 0 Å². The van der Waals surface area contributed by atoms with Gasteiger partial charge in [0.1, 0.15) is 11.2 Å². The molecular weight excluding hydrogens is 813 g/mol. The van der Waals surface area contributed by atoms with Crippen LogP contribution in [0.2, 0.25) is 0 Å². The van der Waals surface area contributed by atoms with E-state index in [1.807, 2.05) is 6.07 Å². The zero-order valence-corrected chi connectivity index (χ0v) is 36.6. The van der Waals surface area contributed by atoms with Crippen molar-refractivity contribution in [2.75, 3.05) is 4.90 Å². The van der Waals surface area contributed by atoms with Gasteiger partial charge in [0.05, 0.1) is 28.1 Å². The van der Waals surface area contributed by atoms with Crippen LogP contribution in [0.4, 0.5) is 17.1 Å². The zero-order valence-electron chi connectivity index (χ0n) is 36.6. The lowest BCUT2D eigenvalue weighted by molar-refractivity contribution is 0.670. The minimum atomic E-state index is 0.883. The summed E-state index contributed by atoms with van der Waals surface area (Å²) >= 11 is 0. The number of nitrogens with zero attached hydrogens (tertiary/aromatic N) is 2. The summed E-state index contributed by atoms with van der Waals surface area (Å²) in [5.41, 5.74) is 17.6. The number of furan rings is 1. The summed E-state index contributed by atoms with van der Waals surface area (Å²) in [6, 6.07) is 91.9. The molecule has 0 spiro atoms. The lowest BCUT2D eigenvalue weighted by atomic mass is 9.96. The Balaban J connectivity index is 0.952. The van der Waals surface area contributed by atoms with E-state index in [2.05, 4.69) is 258 Å². The second-order valence-electron chi connectivity index (χ2n) is 17.2. The molecule has 0 aliphatic carbocycles. The number of anilines is 3. The highest BCUT2D eigenvalue weighted by Crippen LogP contribution is 2.47. The van der Waals surface area contributed by atoms with Crippen molar-refractivity contribution in [1.29, 1.82) is 0 Å². The van der Waals surface area contributed by atoms with Crippen molar-refractivity contribution < 1.29 is 4.42 Å². The van der Waals surface area contributed by atoms with Crippen LogP contribution in [-0.2, 0) is 0 Å². The van der Waals surface area contributed by atoms with Crippen molar-refractivity contribution in [2.45, 2.75) is 0 Å². The van der Waals surface area contributed by atoms with Gasteiger partial charge in [0, 0.05) is 49.5 Å². The molecule has 13 rings (SSSR count). The molecule has 3 heteroatoms. The van der Waals surface area contributed by atoms with Crippen molar-refractivity contribution in [3.8, 4) is 50.2 Å². The van der Waals surface area contributed by atoms with E-state index in [-0.39, 0.29) is 0 Å². The summed E-state index contributed by atoms with van der Waals surface area (Å²) in [5, 5.41) is 7.16. The molecule has 11 aromatic carbocycles. The van der Waals surface area contributed by atoms with E-state index in [0.29, 0.717) is 0 Å². The van der Waals surface area contributed by atoms with E-state index in [0.717, 1.165) is 78.1 Å². The summed E-state index contributed by atoms with van der Waals surface area (Å²) in [7, 11) is 0. The molecule has 0 aliphatic rings. The fourth-order valence-corrected chi connectivity index (χ4v) is 10.3. The molecule has 0 N–H and O–H groups in total. The first-order valence-electron chi connectivity index (χ1n) is 22.9. The summed E-state index contributed by atoms with van der Waals surface area (Å²) in [5.74, 6) is 0. The van der Waals surface area contributed by atoms with E-state index < -0.39 is 0 Å². The predicted octanol–water partition coefficient (Wildman–Crippen LogP) is 18.0. The minimum Gasteiger partial charge on any atom is -0.455 e. The quantitative estimate of drug-likeness (QED) is 0.152. The second-order valence-corrected chi connectivity index (χ2v) is 17.2. The van der Waals surface area contributed by atoms with Crippen LogP contribution in [0, 0.1) is 0 Å². The number of hydrogen-bond donors (Lipinski definition) is 0. The van der Waals surface area contributed by atoms with Crippen LogP contribution >= 0.6 is 0 Å². The van der Waals surface area contributed by atoms with E-state index in [4.69, 9.17) is 4.42 Å². The minimum absolute atomic E-state index is 0.883. The van der Waals surface area contributed by atoms with Gasteiger partial charge in [-0.2, -0.15) is 0 Å². The Kier molecular flexibility index (Phi) is 9.17. The van der Waals surface area contributed by atoms with Gasteiger partial charge in [-0.15, -0.1) is 0 Å². The van der Waals surface area contributed by atoms with Gasteiger partial charge in [0.15, 0.2) is 0 Å². The van der Waals surface area contributed by atoms with Gasteiger partial charge in [-0.05, 0) is 93.7 Å².